The fourth-order valence-electron chi connectivity index (χ4n) is 3.67. The maximum Gasteiger partial charge on any atom is 0.339 e. The Kier molecular flexibility index (Phi) is 7.51. The molecular formula is C27H22ClN7O4. The van der Waals surface area contributed by atoms with E-state index in [4.69, 9.17) is 25.8 Å². The highest BCUT2D eigenvalue weighted by atomic mass is 35.5. The Morgan fingerprint density at radius 2 is 1.79 bits per heavy atom. The number of carbonyl (C=O) groups is 1. The zero-order valence-corrected chi connectivity index (χ0v) is 21.6. The second-order valence-corrected chi connectivity index (χ2v) is 8.49. The van der Waals surface area contributed by atoms with Crippen LogP contribution in [0.15, 0.2) is 84.2 Å². The fourth-order valence-corrected chi connectivity index (χ4v) is 3.85. The maximum absolute atomic E-state index is 12.2. The third-order valence-electron chi connectivity index (χ3n) is 5.49. The first-order valence-electron chi connectivity index (χ1n) is 11.6. The van der Waals surface area contributed by atoms with Crippen molar-refractivity contribution in [2.24, 2.45) is 5.10 Å². The van der Waals surface area contributed by atoms with Gasteiger partial charge in [0.2, 0.25) is 0 Å². The molecular weight excluding hydrogens is 522 g/mol. The van der Waals surface area contributed by atoms with E-state index < -0.39 is 6.03 Å². The SMILES string of the molecule is COc1cc2nccc(Oc3ccc(NC(=O)N/N=C/c4cn(-c5cccc(Cl)c5)nn4)cc3)c2cc1OC. The molecule has 0 bridgehead atoms. The van der Waals surface area contributed by atoms with Gasteiger partial charge in [0.25, 0.3) is 0 Å². The summed E-state index contributed by atoms with van der Waals surface area (Å²) in [5.74, 6) is 2.32. The Morgan fingerprint density at radius 1 is 1.00 bits per heavy atom. The number of ether oxygens (including phenoxy) is 3. The second-order valence-electron chi connectivity index (χ2n) is 8.05. The van der Waals surface area contributed by atoms with Crippen LogP contribution in [0.25, 0.3) is 16.6 Å². The van der Waals surface area contributed by atoms with Crippen LogP contribution >= 0.6 is 11.6 Å². The molecule has 2 amide bonds. The van der Waals surface area contributed by atoms with Crippen LogP contribution in [0.5, 0.6) is 23.0 Å². The van der Waals surface area contributed by atoms with Crippen molar-refractivity contribution >= 4 is 40.4 Å². The maximum atomic E-state index is 12.2. The van der Waals surface area contributed by atoms with E-state index in [9.17, 15) is 4.79 Å². The number of nitrogens with zero attached hydrogens (tertiary/aromatic N) is 5. The number of nitrogens with one attached hydrogen (secondary N) is 2. The highest BCUT2D eigenvalue weighted by Gasteiger charge is 2.11. The Labute approximate surface area is 228 Å². The van der Waals surface area contributed by atoms with Crippen molar-refractivity contribution in [3.05, 3.63) is 89.8 Å². The quantitative estimate of drug-likeness (QED) is 0.197. The molecule has 3 aromatic carbocycles. The normalized spacial score (nSPS) is 10.9. The molecule has 0 aliphatic rings. The average molecular weight is 544 g/mol. The lowest BCUT2D eigenvalue weighted by Crippen LogP contribution is -2.24. The molecule has 0 aliphatic carbocycles. The van der Waals surface area contributed by atoms with Crippen molar-refractivity contribution in [1.29, 1.82) is 0 Å². The molecule has 5 aromatic rings. The molecule has 0 fully saturated rings. The molecule has 2 heterocycles. The predicted octanol–water partition coefficient (Wildman–Crippen LogP) is 5.43. The monoisotopic (exact) mass is 543 g/mol. The number of halogens is 1. The third kappa shape index (κ3) is 6.05. The molecule has 11 nitrogen and oxygen atoms in total. The van der Waals surface area contributed by atoms with Crippen molar-refractivity contribution < 1.29 is 19.0 Å². The number of fused-ring (bicyclic) bond motifs is 1. The van der Waals surface area contributed by atoms with Crippen LogP contribution in [0.4, 0.5) is 10.5 Å². The molecule has 12 heteroatoms. The first kappa shape index (κ1) is 25.5. The van der Waals surface area contributed by atoms with Gasteiger partial charge in [-0.2, -0.15) is 5.10 Å². The predicted molar refractivity (Wildman–Crippen MR) is 147 cm³/mol. The number of methoxy groups -OCH3 is 2. The second kappa shape index (κ2) is 11.5. The van der Waals surface area contributed by atoms with Crippen LogP contribution in [0.3, 0.4) is 0 Å². The molecule has 0 spiro atoms. The van der Waals surface area contributed by atoms with Gasteiger partial charge in [-0.1, -0.05) is 22.9 Å². The number of anilines is 1. The lowest BCUT2D eigenvalue weighted by Gasteiger charge is -2.12. The molecule has 0 saturated carbocycles. The number of hydrazone groups is 1. The molecule has 0 aliphatic heterocycles. The van der Waals surface area contributed by atoms with Gasteiger partial charge in [-0.25, -0.2) is 14.9 Å². The number of carbonyl (C=O) groups excluding carboxylic acids is 1. The first-order valence-corrected chi connectivity index (χ1v) is 12.0. The van der Waals surface area contributed by atoms with Crippen molar-refractivity contribution in [2.45, 2.75) is 0 Å². The van der Waals surface area contributed by atoms with Gasteiger partial charge in [-0.15, -0.1) is 5.10 Å². The first-order chi connectivity index (χ1) is 19.0. The summed E-state index contributed by atoms with van der Waals surface area (Å²) in [6.07, 6.45) is 4.70. The standard InChI is InChI=1S/C27H22ClN7O4/c1-37-25-13-22-23(14-26(25)38-2)29-11-10-24(22)39-21-8-6-18(7-9-21)31-27(36)33-30-15-19-16-35(34-32-19)20-5-3-4-17(28)12-20/h3-16H,1-2H3,(H2,31,33,36)/b30-15+. The molecule has 2 N–H and O–H groups in total. The number of urea groups is 1. The van der Waals surface area contributed by atoms with E-state index in [-0.39, 0.29) is 0 Å². The summed E-state index contributed by atoms with van der Waals surface area (Å²) < 4.78 is 18.4. The van der Waals surface area contributed by atoms with Gasteiger partial charge in [-0.05, 0) is 54.6 Å². The summed E-state index contributed by atoms with van der Waals surface area (Å²) in [6.45, 7) is 0. The van der Waals surface area contributed by atoms with E-state index in [1.54, 1.807) is 79.8 Å². The average Bonchev–Trinajstić information content (AvgIpc) is 3.42. The third-order valence-corrected chi connectivity index (χ3v) is 5.73. The number of amides is 2. The van der Waals surface area contributed by atoms with Gasteiger partial charge < -0.3 is 19.5 Å². The lowest BCUT2D eigenvalue weighted by atomic mass is 10.2. The van der Waals surface area contributed by atoms with Crippen LogP contribution in [0.2, 0.25) is 5.02 Å². The zero-order chi connectivity index (χ0) is 27.2. The van der Waals surface area contributed by atoms with Gasteiger partial charge in [-0.3, -0.25) is 4.98 Å². The zero-order valence-electron chi connectivity index (χ0n) is 20.8. The highest BCUT2D eigenvalue weighted by molar-refractivity contribution is 6.30. The van der Waals surface area contributed by atoms with Gasteiger partial charge in [0.15, 0.2) is 11.5 Å². The summed E-state index contributed by atoms with van der Waals surface area (Å²) in [7, 11) is 3.14. The number of pyridine rings is 1. The van der Waals surface area contributed by atoms with E-state index in [1.165, 1.54) is 6.21 Å². The summed E-state index contributed by atoms with van der Waals surface area (Å²) in [5.41, 5.74) is 4.85. The summed E-state index contributed by atoms with van der Waals surface area (Å²) >= 11 is 6.01. The van der Waals surface area contributed by atoms with Crippen molar-refractivity contribution in [3.63, 3.8) is 0 Å². The van der Waals surface area contributed by atoms with E-state index in [0.717, 1.165) is 11.1 Å². The number of benzene rings is 3. The molecule has 0 saturated heterocycles. The minimum absolute atomic E-state index is 0.455. The van der Waals surface area contributed by atoms with Crippen molar-refractivity contribution in [3.8, 4) is 28.7 Å². The number of hydrogen-bond donors (Lipinski definition) is 2. The van der Waals surface area contributed by atoms with Crippen LogP contribution < -0.4 is 25.0 Å². The summed E-state index contributed by atoms with van der Waals surface area (Å²) in [6, 6.07) is 18.9. The van der Waals surface area contributed by atoms with Gasteiger partial charge in [0.1, 0.15) is 17.2 Å². The summed E-state index contributed by atoms with van der Waals surface area (Å²) in [5, 5.41) is 16.0. The Balaban J connectivity index is 1.19. The molecule has 2 aromatic heterocycles. The molecule has 0 radical (unpaired) electrons. The molecule has 0 atom stereocenters. The van der Waals surface area contributed by atoms with E-state index in [0.29, 0.717) is 44.9 Å². The van der Waals surface area contributed by atoms with Crippen LogP contribution in [0.1, 0.15) is 5.69 Å². The number of rotatable bonds is 8. The Hall–Kier alpha value is -5.16. The Bertz CT molecular complexity index is 1650. The van der Waals surface area contributed by atoms with E-state index in [2.05, 4.69) is 31.1 Å². The highest BCUT2D eigenvalue weighted by Crippen LogP contribution is 2.37. The number of hydrogen-bond acceptors (Lipinski definition) is 8. The van der Waals surface area contributed by atoms with E-state index >= 15 is 0 Å². The number of aromatic nitrogens is 4. The topological polar surface area (TPSA) is 125 Å². The Morgan fingerprint density at radius 3 is 2.56 bits per heavy atom. The van der Waals surface area contributed by atoms with Crippen LogP contribution in [-0.2, 0) is 0 Å². The van der Waals surface area contributed by atoms with Crippen LogP contribution in [-0.4, -0.2) is 46.4 Å². The summed E-state index contributed by atoms with van der Waals surface area (Å²) in [4.78, 5) is 16.6. The largest absolute Gasteiger partial charge is 0.493 e. The van der Waals surface area contributed by atoms with Gasteiger partial charge in [0.05, 0.1) is 37.8 Å². The molecule has 5 rings (SSSR count). The lowest BCUT2D eigenvalue weighted by molar-refractivity contribution is 0.252. The smallest absolute Gasteiger partial charge is 0.339 e. The van der Waals surface area contributed by atoms with E-state index in [1.807, 2.05) is 18.2 Å². The fraction of sp³-hybridized carbons (Fsp3) is 0.0741. The molecule has 196 valence electrons. The van der Waals surface area contributed by atoms with Crippen LogP contribution in [0, 0.1) is 0 Å². The van der Waals surface area contributed by atoms with Gasteiger partial charge >= 0.3 is 6.03 Å². The van der Waals surface area contributed by atoms with Gasteiger partial charge in [0, 0.05) is 28.4 Å². The van der Waals surface area contributed by atoms with Crippen molar-refractivity contribution in [1.82, 2.24) is 25.4 Å². The van der Waals surface area contributed by atoms with Crippen molar-refractivity contribution in [2.75, 3.05) is 19.5 Å². The minimum atomic E-state index is -0.525. The molecule has 0 unspecified atom stereocenters. The minimum Gasteiger partial charge on any atom is -0.493 e. The molecule has 39 heavy (non-hydrogen) atoms.